The van der Waals surface area contributed by atoms with Crippen LogP contribution in [0.3, 0.4) is 0 Å². The normalized spacial score (nSPS) is 15.8. The highest BCUT2D eigenvalue weighted by molar-refractivity contribution is 7.99. The number of anilines is 1. The summed E-state index contributed by atoms with van der Waals surface area (Å²) in [4.78, 5) is 24.9. The smallest absolute Gasteiger partial charge is 0.338 e. The minimum Gasteiger partial charge on any atom is -0.338 e. The molecule has 0 aliphatic heterocycles. The van der Waals surface area contributed by atoms with E-state index in [0.29, 0.717) is 36.7 Å². The molecule has 3 N–H and O–H groups in total. The Hall–Kier alpha value is -2.86. The number of rotatable bonds is 11. The number of hydrogen-bond acceptors (Lipinski definition) is 8. The number of sulfonamides is 1. The fourth-order valence-electron chi connectivity index (χ4n) is 3.90. The zero-order valence-corrected chi connectivity index (χ0v) is 21.6. The topological polar surface area (TPSA) is 143 Å². The predicted molar refractivity (Wildman–Crippen MR) is 125 cm³/mol. The van der Waals surface area contributed by atoms with Crippen molar-refractivity contribution < 1.29 is 49.0 Å². The van der Waals surface area contributed by atoms with Gasteiger partial charge in [0.15, 0.2) is 5.03 Å². The standard InChI is InChI=1S/C21H23F6N5O5S2/c22-13-8-12(6-7-14(13)39(35,36)28-10-21(25,26)27)29-18(33)16(11-4-2-1-3-5-11)30-19(34)17-20(32-37-31-17)38-9-15(23)24/h6-8,11,15-16,28H,1-5,9-10H2,(H,29,33)(H,30,34)/t16-/m0/s1. The predicted octanol–water partition coefficient (Wildman–Crippen LogP) is 3.72. The molecule has 1 aliphatic rings. The fourth-order valence-corrected chi connectivity index (χ4v) is 5.61. The van der Waals surface area contributed by atoms with Gasteiger partial charge >= 0.3 is 6.18 Å². The Kier molecular flexibility index (Phi) is 10.2. The summed E-state index contributed by atoms with van der Waals surface area (Å²) in [5.74, 6) is -4.16. The summed E-state index contributed by atoms with van der Waals surface area (Å²) in [5, 5.41) is 11.5. The number of thioether (sulfide) groups is 1. The van der Waals surface area contributed by atoms with E-state index in [-0.39, 0.29) is 16.6 Å². The largest absolute Gasteiger partial charge is 0.402 e. The van der Waals surface area contributed by atoms with Crippen molar-refractivity contribution in [2.75, 3.05) is 17.6 Å². The number of carbonyl (C=O) groups excluding carboxylic acids is 2. The van der Waals surface area contributed by atoms with E-state index in [0.717, 1.165) is 25.3 Å². The number of aromatic nitrogens is 2. The van der Waals surface area contributed by atoms with Gasteiger partial charge in [0.25, 0.3) is 5.91 Å². The van der Waals surface area contributed by atoms with Crippen LogP contribution in [0.25, 0.3) is 0 Å². The maximum atomic E-state index is 14.5. The highest BCUT2D eigenvalue weighted by Gasteiger charge is 2.34. The van der Waals surface area contributed by atoms with Gasteiger partial charge in [0.2, 0.25) is 28.0 Å². The maximum Gasteiger partial charge on any atom is 0.402 e. The van der Waals surface area contributed by atoms with Crippen LogP contribution in [-0.2, 0) is 14.8 Å². The van der Waals surface area contributed by atoms with Gasteiger partial charge in [-0.2, -0.15) is 13.2 Å². The van der Waals surface area contributed by atoms with Crippen LogP contribution < -0.4 is 15.4 Å². The lowest BCUT2D eigenvalue weighted by molar-refractivity contribution is -0.121. The lowest BCUT2D eigenvalue weighted by Gasteiger charge is -2.30. The quantitative estimate of drug-likeness (QED) is 0.261. The number of nitrogens with one attached hydrogen (secondary N) is 3. The van der Waals surface area contributed by atoms with Crippen LogP contribution >= 0.6 is 11.8 Å². The molecule has 1 aromatic heterocycles. The second-order valence-electron chi connectivity index (χ2n) is 8.54. The number of benzene rings is 1. The number of carbonyl (C=O) groups is 2. The summed E-state index contributed by atoms with van der Waals surface area (Å²) in [6.45, 7) is -1.90. The third-order valence-corrected chi connectivity index (χ3v) is 8.06. The highest BCUT2D eigenvalue weighted by atomic mass is 32.2. The van der Waals surface area contributed by atoms with E-state index in [1.807, 2.05) is 0 Å². The third kappa shape index (κ3) is 8.82. The first kappa shape index (κ1) is 30.7. The first-order chi connectivity index (χ1) is 18.3. The van der Waals surface area contributed by atoms with E-state index in [9.17, 15) is 44.3 Å². The van der Waals surface area contributed by atoms with E-state index in [4.69, 9.17) is 0 Å². The molecule has 1 aliphatic carbocycles. The minimum absolute atomic E-state index is 0.200. The molecule has 2 amide bonds. The molecule has 0 bridgehead atoms. The SMILES string of the molecule is O=C(N[C@H](C(=O)Nc1ccc(S(=O)(=O)NCC(F)(F)F)c(F)c1)C1CCCCC1)c1nonc1SCC(F)F. The van der Waals surface area contributed by atoms with Gasteiger partial charge in [-0.3, -0.25) is 9.59 Å². The first-order valence-corrected chi connectivity index (χ1v) is 13.9. The molecule has 39 heavy (non-hydrogen) atoms. The number of hydrogen-bond donors (Lipinski definition) is 3. The zero-order chi connectivity index (χ0) is 28.8. The van der Waals surface area contributed by atoms with Crippen molar-refractivity contribution in [3.05, 3.63) is 29.7 Å². The Morgan fingerprint density at radius 3 is 2.44 bits per heavy atom. The molecule has 1 fully saturated rings. The van der Waals surface area contributed by atoms with Crippen LogP contribution in [0.4, 0.5) is 32.0 Å². The number of halogens is 6. The van der Waals surface area contributed by atoms with E-state index in [1.54, 1.807) is 0 Å². The van der Waals surface area contributed by atoms with E-state index >= 15 is 0 Å². The molecular formula is C21H23F6N5O5S2. The van der Waals surface area contributed by atoms with Crippen LogP contribution in [0.5, 0.6) is 0 Å². The van der Waals surface area contributed by atoms with Gasteiger partial charge in [-0.1, -0.05) is 31.0 Å². The fraction of sp³-hybridized carbons (Fsp3) is 0.524. The van der Waals surface area contributed by atoms with Crippen molar-refractivity contribution in [1.29, 1.82) is 0 Å². The van der Waals surface area contributed by atoms with Crippen molar-refractivity contribution in [2.24, 2.45) is 5.92 Å². The zero-order valence-electron chi connectivity index (χ0n) is 19.9. The van der Waals surface area contributed by atoms with E-state index in [1.165, 1.54) is 4.72 Å². The molecule has 0 saturated heterocycles. The van der Waals surface area contributed by atoms with Gasteiger partial charge in [-0.05, 0) is 47.3 Å². The highest BCUT2D eigenvalue weighted by Crippen LogP contribution is 2.29. The molecule has 0 spiro atoms. The van der Waals surface area contributed by atoms with Crippen molar-refractivity contribution in [1.82, 2.24) is 20.4 Å². The molecule has 0 unspecified atom stereocenters. The first-order valence-electron chi connectivity index (χ1n) is 11.5. The molecule has 1 heterocycles. The van der Waals surface area contributed by atoms with Crippen molar-refractivity contribution in [3.8, 4) is 0 Å². The summed E-state index contributed by atoms with van der Waals surface area (Å²) in [5.41, 5.74) is -0.625. The Bertz CT molecular complexity index is 1270. The summed E-state index contributed by atoms with van der Waals surface area (Å²) < 4.78 is 107. The minimum atomic E-state index is -4.86. The van der Waals surface area contributed by atoms with Crippen molar-refractivity contribution >= 4 is 39.3 Å². The summed E-state index contributed by atoms with van der Waals surface area (Å²) >= 11 is 0.536. The lowest BCUT2D eigenvalue weighted by atomic mass is 9.83. The Labute approximate surface area is 222 Å². The average molecular weight is 604 g/mol. The Morgan fingerprint density at radius 2 is 1.82 bits per heavy atom. The molecule has 18 heteroatoms. The van der Waals surface area contributed by atoms with Gasteiger partial charge in [0.05, 0.1) is 5.75 Å². The van der Waals surface area contributed by atoms with Crippen molar-refractivity contribution in [3.63, 3.8) is 0 Å². The number of amides is 2. The van der Waals surface area contributed by atoms with Gasteiger partial charge in [-0.25, -0.2) is 30.9 Å². The van der Waals surface area contributed by atoms with Gasteiger partial charge < -0.3 is 10.6 Å². The molecule has 3 rings (SSSR count). The van der Waals surface area contributed by atoms with Crippen LogP contribution in [-0.4, -0.2) is 61.5 Å². The Morgan fingerprint density at radius 1 is 1.13 bits per heavy atom. The maximum absolute atomic E-state index is 14.5. The van der Waals surface area contributed by atoms with Crippen LogP contribution in [0.15, 0.2) is 32.7 Å². The molecule has 1 aromatic carbocycles. The van der Waals surface area contributed by atoms with E-state index in [2.05, 4.69) is 25.6 Å². The summed E-state index contributed by atoms with van der Waals surface area (Å²) in [7, 11) is -4.84. The van der Waals surface area contributed by atoms with Gasteiger partial charge in [0.1, 0.15) is 23.3 Å². The van der Waals surface area contributed by atoms with Crippen molar-refractivity contribution in [2.45, 2.75) is 60.7 Å². The average Bonchev–Trinajstić information content (AvgIpc) is 3.33. The van der Waals surface area contributed by atoms with Crippen LogP contribution in [0.1, 0.15) is 42.6 Å². The summed E-state index contributed by atoms with van der Waals surface area (Å²) in [6.07, 6.45) is -4.01. The van der Waals surface area contributed by atoms with Crippen LogP contribution in [0.2, 0.25) is 0 Å². The monoisotopic (exact) mass is 603 g/mol. The van der Waals surface area contributed by atoms with E-state index < -0.39 is 69.2 Å². The molecule has 2 aromatic rings. The molecule has 0 radical (unpaired) electrons. The molecular weight excluding hydrogens is 580 g/mol. The second-order valence-corrected chi connectivity index (χ2v) is 11.3. The second kappa shape index (κ2) is 13.0. The van der Waals surface area contributed by atoms with Gasteiger partial charge in [-0.15, -0.1) is 0 Å². The molecule has 1 atom stereocenters. The molecule has 216 valence electrons. The third-order valence-electron chi connectivity index (χ3n) is 5.66. The number of nitrogens with zero attached hydrogens (tertiary/aromatic N) is 2. The lowest BCUT2D eigenvalue weighted by Crippen LogP contribution is -2.49. The number of alkyl halides is 5. The van der Waals surface area contributed by atoms with Gasteiger partial charge in [0, 0.05) is 5.69 Å². The molecule has 1 saturated carbocycles. The molecule has 10 nitrogen and oxygen atoms in total. The summed E-state index contributed by atoms with van der Waals surface area (Å²) in [6, 6.07) is 1.09. The van der Waals surface area contributed by atoms with Crippen LogP contribution in [0, 0.1) is 11.7 Å². The Balaban J connectivity index is 1.77.